The minimum atomic E-state index is -0.207. The second-order valence-corrected chi connectivity index (χ2v) is 4.03. The minimum absolute atomic E-state index is 0.0772. The van der Waals surface area contributed by atoms with Crippen LogP contribution in [0.15, 0.2) is 24.3 Å². The van der Waals surface area contributed by atoms with Gasteiger partial charge in [-0.25, -0.2) is 0 Å². The summed E-state index contributed by atoms with van der Waals surface area (Å²) in [5.41, 5.74) is 1.08. The van der Waals surface area contributed by atoms with E-state index in [0.29, 0.717) is 13.0 Å². The summed E-state index contributed by atoms with van der Waals surface area (Å²) in [6.07, 6.45) is 0.496. The molecule has 2 atom stereocenters. The molecule has 0 spiro atoms. The molecule has 0 aromatic heterocycles. The zero-order valence-electron chi connectivity index (χ0n) is 10.0. The van der Waals surface area contributed by atoms with Crippen molar-refractivity contribution in [3.63, 3.8) is 0 Å². The summed E-state index contributed by atoms with van der Waals surface area (Å²) in [6, 6.07) is 7.71. The highest BCUT2D eigenvalue weighted by molar-refractivity contribution is 5.70. The molecule has 1 saturated heterocycles. The highest BCUT2D eigenvalue weighted by Gasteiger charge is 2.35. The summed E-state index contributed by atoms with van der Waals surface area (Å²) in [5.74, 6) is 0.678. The molecule has 0 N–H and O–H groups in total. The molecule has 1 aliphatic rings. The van der Waals surface area contributed by atoms with Gasteiger partial charge < -0.3 is 14.2 Å². The van der Waals surface area contributed by atoms with Crippen LogP contribution in [0.3, 0.4) is 0 Å². The van der Waals surface area contributed by atoms with Gasteiger partial charge in [0.05, 0.1) is 33.4 Å². The Labute approximate surface area is 100 Å². The van der Waals surface area contributed by atoms with Gasteiger partial charge in [-0.2, -0.15) is 0 Å². The van der Waals surface area contributed by atoms with E-state index in [9.17, 15) is 4.79 Å². The predicted octanol–water partition coefficient (Wildman–Crippen LogP) is 1.74. The van der Waals surface area contributed by atoms with Crippen molar-refractivity contribution in [1.82, 2.24) is 0 Å². The normalized spacial score (nSPS) is 19.5. The molecule has 4 nitrogen and oxygen atoms in total. The fourth-order valence-corrected chi connectivity index (χ4v) is 1.87. The summed E-state index contributed by atoms with van der Waals surface area (Å²) in [5, 5.41) is 0. The number of hydrogen-bond donors (Lipinski definition) is 0. The number of carbonyl (C=O) groups excluding carboxylic acids is 1. The van der Waals surface area contributed by atoms with Crippen LogP contribution in [0.4, 0.5) is 0 Å². The monoisotopic (exact) mass is 236 g/mol. The number of epoxide rings is 1. The van der Waals surface area contributed by atoms with Crippen LogP contribution in [0.2, 0.25) is 0 Å². The standard InChI is InChI=1S/C13H16O4/c1-15-10-5-3-9(4-6-10)11(12-8-17-12)7-13(14)16-2/h3-6,11-12H,7-8H2,1-2H3/t11-,12-/m1/s1. The number of hydrogen-bond acceptors (Lipinski definition) is 4. The fraction of sp³-hybridized carbons (Fsp3) is 0.462. The molecule has 92 valence electrons. The second kappa shape index (κ2) is 5.19. The van der Waals surface area contributed by atoms with E-state index in [4.69, 9.17) is 14.2 Å². The Bertz CT molecular complexity index is 381. The van der Waals surface area contributed by atoms with E-state index in [1.807, 2.05) is 24.3 Å². The highest BCUT2D eigenvalue weighted by Crippen LogP contribution is 2.33. The van der Waals surface area contributed by atoms with Gasteiger partial charge in [0.2, 0.25) is 0 Å². The maximum absolute atomic E-state index is 11.3. The Kier molecular flexibility index (Phi) is 3.64. The van der Waals surface area contributed by atoms with Gasteiger partial charge in [-0.05, 0) is 17.7 Å². The van der Waals surface area contributed by atoms with E-state index in [-0.39, 0.29) is 18.0 Å². The largest absolute Gasteiger partial charge is 0.497 e. The fourth-order valence-electron chi connectivity index (χ4n) is 1.87. The van der Waals surface area contributed by atoms with E-state index in [1.165, 1.54) is 7.11 Å². The number of ether oxygens (including phenoxy) is 3. The lowest BCUT2D eigenvalue weighted by molar-refractivity contribution is -0.141. The maximum atomic E-state index is 11.3. The zero-order valence-corrected chi connectivity index (χ0v) is 10.0. The number of esters is 1. The molecule has 1 aromatic rings. The summed E-state index contributed by atoms with van der Waals surface area (Å²) < 4.78 is 15.1. The summed E-state index contributed by atoms with van der Waals surface area (Å²) >= 11 is 0. The molecule has 1 aliphatic heterocycles. The van der Waals surface area contributed by atoms with Crippen LogP contribution in [0.25, 0.3) is 0 Å². The van der Waals surface area contributed by atoms with Crippen LogP contribution in [0.5, 0.6) is 5.75 Å². The Morgan fingerprint density at radius 3 is 2.53 bits per heavy atom. The first kappa shape index (κ1) is 11.9. The van der Waals surface area contributed by atoms with Gasteiger partial charge in [0.1, 0.15) is 5.75 Å². The van der Waals surface area contributed by atoms with Crippen molar-refractivity contribution in [2.45, 2.75) is 18.4 Å². The molecule has 0 aliphatic carbocycles. The molecule has 17 heavy (non-hydrogen) atoms. The van der Waals surface area contributed by atoms with Gasteiger partial charge in [-0.1, -0.05) is 12.1 Å². The van der Waals surface area contributed by atoms with E-state index in [1.54, 1.807) is 7.11 Å². The molecule has 0 bridgehead atoms. The van der Waals surface area contributed by atoms with Crippen molar-refractivity contribution in [2.24, 2.45) is 0 Å². The van der Waals surface area contributed by atoms with Crippen molar-refractivity contribution >= 4 is 5.97 Å². The first-order chi connectivity index (χ1) is 8.24. The molecule has 0 amide bonds. The molecule has 1 aromatic carbocycles. The lowest BCUT2D eigenvalue weighted by atomic mass is 9.93. The highest BCUT2D eigenvalue weighted by atomic mass is 16.6. The number of rotatable bonds is 5. The van der Waals surface area contributed by atoms with Crippen LogP contribution in [0.1, 0.15) is 17.9 Å². The van der Waals surface area contributed by atoms with Gasteiger partial charge in [-0.15, -0.1) is 0 Å². The lowest BCUT2D eigenvalue weighted by Gasteiger charge is -2.14. The number of benzene rings is 1. The lowest BCUT2D eigenvalue weighted by Crippen LogP contribution is -2.13. The Hall–Kier alpha value is -1.55. The van der Waals surface area contributed by atoms with Crippen molar-refractivity contribution in [3.8, 4) is 5.75 Å². The van der Waals surface area contributed by atoms with Gasteiger partial charge in [0.15, 0.2) is 0 Å². The molecular formula is C13H16O4. The van der Waals surface area contributed by atoms with E-state index in [2.05, 4.69) is 0 Å². The first-order valence-electron chi connectivity index (χ1n) is 5.57. The molecule has 0 radical (unpaired) electrons. The van der Waals surface area contributed by atoms with Gasteiger partial charge in [0.25, 0.3) is 0 Å². The molecule has 2 rings (SSSR count). The quantitative estimate of drug-likeness (QED) is 0.577. The van der Waals surface area contributed by atoms with Gasteiger partial charge >= 0.3 is 5.97 Å². The maximum Gasteiger partial charge on any atom is 0.306 e. The smallest absolute Gasteiger partial charge is 0.306 e. The average Bonchev–Trinajstić information content (AvgIpc) is 3.20. The SMILES string of the molecule is COC(=O)C[C@H](c1ccc(OC)cc1)[C@H]1CO1. The van der Waals surface area contributed by atoms with Crippen LogP contribution >= 0.6 is 0 Å². The third kappa shape index (κ3) is 2.97. The average molecular weight is 236 g/mol. The first-order valence-corrected chi connectivity index (χ1v) is 5.57. The minimum Gasteiger partial charge on any atom is -0.497 e. The van der Waals surface area contributed by atoms with Crippen LogP contribution < -0.4 is 4.74 Å². The third-order valence-corrected chi connectivity index (χ3v) is 2.97. The van der Waals surface area contributed by atoms with E-state index >= 15 is 0 Å². The van der Waals surface area contributed by atoms with Crippen LogP contribution in [0, 0.1) is 0 Å². The van der Waals surface area contributed by atoms with Crippen LogP contribution in [-0.4, -0.2) is 32.9 Å². The second-order valence-electron chi connectivity index (χ2n) is 4.03. The Balaban J connectivity index is 2.11. The number of carbonyl (C=O) groups is 1. The third-order valence-electron chi connectivity index (χ3n) is 2.97. The van der Waals surface area contributed by atoms with E-state index in [0.717, 1.165) is 11.3 Å². The topological polar surface area (TPSA) is 48.1 Å². The van der Waals surface area contributed by atoms with E-state index < -0.39 is 0 Å². The summed E-state index contributed by atoms with van der Waals surface area (Å²) in [4.78, 5) is 11.3. The zero-order chi connectivity index (χ0) is 12.3. The van der Waals surface area contributed by atoms with Crippen molar-refractivity contribution in [3.05, 3.63) is 29.8 Å². The molecule has 0 saturated carbocycles. The molecule has 4 heteroatoms. The van der Waals surface area contributed by atoms with Crippen molar-refractivity contribution < 1.29 is 19.0 Å². The van der Waals surface area contributed by atoms with Gasteiger partial charge in [0, 0.05) is 5.92 Å². The van der Waals surface area contributed by atoms with Crippen molar-refractivity contribution in [1.29, 1.82) is 0 Å². The van der Waals surface area contributed by atoms with Crippen molar-refractivity contribution in [2.75, 3.05) is 20.8 Å². The molecule has 1 fully saturated rings. The van der Waals surface area contributed by atoms with Gasteiger partial charge in [-0.3, -0.25) is 4.79 Å². The Morgan fingerprint density at radius 1 is 1.41 bits per heavy atom. The summed E-state index contributed by atoms with van der Waals surface area (Å²) in [6.45, 7) is 0.716. The van der Waals surface area contributed by atoms with Crippen LogP contribution in [-0.2, 0) is 14.3 Å². The number of methoxy groups -OCH3 is 2. The predicted molar refractivity (Wildman–Crippen MR) is 62.1 cm³/mol. The Morgan fingerprint density at radius 2 is 2.06 bits per heavy atom. The molecular weight excluding hydrogens is 220 g/mol. The summed E-state index contributed by atoms with van der Waals surface area (Å²) in [7, 11) is 3.03. The molecule has 0 unspecified atom stereocenters. The molecule has 1 heterocycles.